The lowest BCUT2D eigenvalue weighted by molar-refractivity contribution is -0.139. The predicted octanol–water partition coefficient (Wildman–Crippen LogP) is -0.542. The van der Waals surface area contributed by atoms with E-state index in [1.54, 1.807) is 37.3 Å². The normalized spacial score (nSPS) is 21.4. The number of aryl methyl sites for hydroxylation is 1. The van der Waals surface area contributed by atoms with Crippen molar-refractivity contribution in [1.82, 2.24) is 42.5 Å². The molecule has 0 radical (unpaired) electrons. The van der Waals surface area contributed by atoms with Crippen LogP contribution in [0.15, 0.2) is 65.7 Å². The van der Waals surface area contributed by atoms with Gasteiger partial charge >= 0.3 is 12.0 Å². The van der Waals surface area contributed by atoms with Crippen LogP contribution in [0.5, 0.6) is 0 Å². The van der Waals surface area contributed by atoms with Crippen LogP contribution < -0.4 is 54.0 Å². The molecule has 1 saturated heterocycles. The Balaban J connectivity index is 2.01. The maximum Gasteiger partial charge on any atom is 0.326 e. The first kappa shape index (κ1) is 50.6. The summed E-state index contributed by atoms with van der Waals surface area (Å²) in [6.07, 6.45) is 1.16. The van der Waals surface area contributed by atoms with E-state index in [9.17, 15) is 43.5 Å². The molecule has 1 aliphatic heterocycles. The number of carbonyl (C=O) groups is 8. The zero-order chi connectivity index (χ0) is 46.3. The number of aliphatic carboxylic acids is 1. The highest BCUT2D eigenvalue weighted by Gasteiger charge is 2.35. The van der Waals surface area contributed by atoms with E-state index < -0.39 is 96.0 Å². The zero-order valence-electron chi connectivity index (χ0n) is 36.1. The van der Waals surface area contributed by atoms with Crippen LogP contribution in [0.4, 0.5) is 4.79 Å². The van der Waals surface area contributed by atoms with Gasteiger partial charge in [0.1, 0.15) is 36.3 Å². The molecule has 20 nitrogen and oxygen atoms in total. The van der Waals surface area contributed by atoms with Crippen LogP contribution in [0.3, 0.4) is 0 Å². The second-order valence-corrected chi connectivity index (χ2v) is 15.4. The van der Waals surface area contributed by atoms with Gasteiger partial charge in [0, 0.05) is 26.6 Å². The second kappa shape index (κ2) is 26.6. The molecule has 1 heterocycles. The predicted molar refractivity (Wildman–Crippen MR) is 234 cm³/mol. The molecule has 2 aromatic carbocycles. The lowest BCUT2D eigenvalue weighted by Gasteiger charge is -2.29. The van der Waals surface area contributed by atoms with E-state index in [0.717, 1.165) is 11.1 Å². The van der Waals surface area contributed by atoms with E-state index in [4.69, 9.17) is 11.5 Å². The lowest BCUT2D eigenvalue weighted by atomic mass is 9.96. The number of rotatable bonds is 16. The molecule has 1 fully saturated rings. The molecule has 0 saturated carbocycles. The molecule has 6 unspecified atom stereocenters. The first-order valence-corrected chi connectivity index (χ1v) is 21.2. The fourth-order valence-corrected chi connectivity index (χ4v) is 6.74. The first-order valence-electron chi connectivity index (χ1n) is 21.2. The minimum atomic E-state index is -1.45. The van der Waals surface area contributed by atoms with E-state index in [1.807, 2.05) is 37.3 Å². The summed E-state index contributed by atoms with van der Waals surface area (Å²) in [5, 5.41) is 30.8. The Morgan fingerprint density at radius 1 is 0.810 bits per heavy atom. The minimum absolute atomic E-state index is 0.0135. The van der Waals surface area contributed by atoms with E-state index in [2.05, 4.69) is 47.5 Å². The van der Waals surface area contributed by atoms with Crippen LogP contribution in [0, 0.1) is 5.92 Å². The van der Waals surface area contributed by atoms with Crippen molar-refractivity contribution in [2.45, 2.75) is 114 Å². The fraction of sp³-hybridized carbons (Fsp3) is 0.512. The van der Waals surface area contributed by atoms with Gasteiger partial charge in [0.05, 0.1) is 6.42 Å². The van der Waals surface area contributed by atoms with Gasteiger partial charge in [-0.05, 0) is 62.0 Å². The summed E-state index contributed by atoms with van der Waals surface area (Å²) >= 11 is 0. The smallest absolute Gasteiger partial charge is 0.326 e. The Morgan fingerprint density at radius 3 is 2.05 bits per heavy atom. The summed E-state index contributed by atoms with van der Waals surface area (Å²) < 4.78 is 0. The molecule has 1 aliphatic rings. The summed E-state index contributed by atoms with van der Waals surface area (Å²) in [4.78, 5) is 112. The number of carbonyl (C=O) groups excluding carboxylic acids is 7. The largest absolute Gasteiger partial charge is 0.480 e. The third kappa shape index (κ3) is 18.0. The molecule has 2 aromatic rings. The molecule has 0 aliphatic carbocycles. The Bertz CT molecular complexity index is 1880. The number of amides is 8. The van der Waals surface area contributed by atoms with Crippen LogP contribution >= 0.6 is 0 Å². The lowest BCUT2D eigenvalue weighted by Crippen LogP contribution is -2.61. The Kier molecular flexibility index (Phi) is 21.4. The van der Waals surface area contributed by atoms with Crippen molar-refractivity contribution in [2.24, 2.45) is 22.4 Å². The van der Waals surface area contributed by atoms with Gasteiger partial charge in [-0.15, -0.1) is 0 Å². The van der Waals surface area contributed by atoms with Gasteiger partial charge in [-0.2, -0.15) is 0 Å². The number of nitrogens with two attached hydrogens (primary N) is 2. The van der Waals surface area contributed by atoms with Crippen LogP contribution in [-0.2, 0) is 46.4 Å². The Morgan fingerprint density at radius 2 is 1.43 bits per heavy atom. The van der Waals surface area contributed by atoms with Crippen molar-refractivity contribution in [1.29, 1.82) is 0 Å². The SMILES string of the molecule is CCC(C)C1NC(=O)C(NC(=O)N[C@@H](CCCN=C(N)N)C(=O)O)CCCCNC(=O)C(Cc2ccccc2)NC(=O)C(CC(=O)NC)NC(=O)C(CCc2ccccc2)NC1=O. The van der Waals surface area contributed by atoms with Gasteiger partial charge in [-0.25, -0.2) is 9.59 Å². The number of guanidine groups is 1. The van der Waals surface area contributed by atoms with Crippen molar-refractivity contribution >= 4 is 53.4 Å². The van der Waals surface area contributed by atoms with Crippen LogP contribution in [0.2, 0.25) is 0 Å². The topological polar surface area (TPSA) is 317 Å². The van der Waals surface area contributed by atoms with Gasteiger partial charge in [-0.1, -0.05) is 80.9 Å². The number of nitrogens with one attached hydrogen (secondary N) is 8. The molecule has 0 aromatic heterocycles. The molecule has 13 N–H and O–H groups in total. The number of nitrogens with zero attached hydrogens (tertiary/aromatic N) is 1. The molecule has 3 rings (SSSR count). The van der Waals surface area contributed by atoms with Crippen molar-refractivity contribution in [3.05, 3.63) is 71.8 Å². The molecular weight excluding hydrogens is 815 g/mol. The Hall–Kier alpha value is -6.73. The molecule has 0 bridgehead atoms. The third-order valence-electron chi connectivity index (χ3n) is 10.6. The molecule has 344 valence electrons. The molecule has 7 atom stereocenters. The molecule has 63 heavy (non-hydrogen) atoms. The molecule has 8 amide bonds. The van der Waals surface area contributed by atoms with Gasteiger partial charge in [0.2, 0.25) is 35.4 Å². The van der Waals surface area contributed by atoms with E-state index in [-0.39, 0.29) is 57.6 Å². The quantitative estimate of drug-likeness (QED) is 0.0578. The van der Waals surface area contributed by atoms with E-state index >= 15 is 0 Å². The summed E-state index contributed by atoms with van der Waals surface area (Å²) in [5.41, 5.74) is 12.3. The number of hydrogen-bond acceptors (Lipinski definition) is 9. The second-order valence-electron chi connectivity index (χ2n) is 15.4. The van der Waals surface area contributed by atoms with Crippen molar-refractivity contribution in [3.8, 4) is 0 Å². The van der Waals surface area contributed by atoms with Gasteiger partial charge in [-0.3, -0.25) is 33.8 Å². The van der Waals surface area contributed by atoms with Crippen molar-refractivity contribution < 1.29 is 43.5 Å². The van der Waals surface area contributed by atoms with Gasteiger partial charge in [0.25, 0.3) is 0 Å². The number of urea groups is 1. The van der Waals surface area contributed by atoms with Crippen molar-refractivity contribution in [3.63, 3.8) is 0 Å². The summed E-state index contributed by atoms with van der Waals surface area (Å²) in [5.74, 6) is -6.15. The van der Waals surface area contributed by atoms with E-state index in [1.165, 1.54) is 7.05 Å². The maximum absolute atomic E-state index is 14.2. The highest BCUT2D eigenvalue weighted by Crippen LogP contribution is 2.14. The fourth-order valence-electron chi connectivity index (χ4n) is 6.74. The average Bonchev–Trinajstić information content (AvgIpc) is 3.26. The highest BCUT2D eigenvalue weighted by molar-refractivity contribution is 5.98. The first-order chi connectivity index (χ1) is 30.1. The standard InChI is InChI=1S/C43H63N11O9/c1-4-26(2)35-40(60)49-30(21-20-27-14-7-5-8-15-27)37(57)51-33(25-34(55)46-3)39(59)50-32(24-28-16-9-6-10-17-28)36(56)47-22-12-11-18-29(38(58)54-35)52-43(63)53-31(41(61)62)19-13-23-48-42(44)45/h5-10,14-17,26,29-33,35H,4,11-13,18-25H2,1-3H3,(H,46,55)(H,47,56)(H,49,60)(H,50,59)(H,51,57)(H,54,58)(H,61,62)(H4,44,45,48)(H2,52,53,63)/t26?,29?,30?,31-,32?,33?,35?/m0/s1. The molecular formula is C43H63N11O9. The van der Waals surface area contributed by atoms with Gasteiger partial charge in [0.15, 0.2) is 5.96 Å². The van der Waals surface area contributed by atoms with Crippen LogP contribution in [-0.4, -0.2) is 115 Å². The van der Waals surface area contributed by atoms with Gasteiger partial charge < -0.3 is 59.1 Å². The number of benzene rings is 2. The maximum atomic E-state index is 14.2. The van der Waals surface area contributed by atoms with Crippen molar-refractivity contribution in [2.75, 3.05) is 20.1 Å². The number of carboxylic acids is 1. The Labute approximate surface area is 367 Å². The van der Waals surface area contributed by atoms with Crippen LogP contribution in [0.1, 0.15) is 76.3 Å². The van der Waals surface area contributed by atoms with E-state index in [0.29, 0.717) is 19.3 Å². The third-order valence-corrected chi connectivity index (χ3v) is 10.6. The summed E-state index contributed by atoms with van der Waals surface area (Å²) in [6.45, 7) is 3.76. The zero-order valence-corrected chi connectivity index (χ0v) is 36.1. The average molecular weight is 878 g/mol. The highest BCUT2D eigenvalue weighted by atomic mass is 16.4. The molecule has 0 spiro atoms. The monoisotopic (exact) mass is 877 g/mol. The summed E-state index contributed by atoms with van der Waals surface area (Å²) in [6, 6.07) is 9.44. The van der Waals surface area contributed by atoms with Crippen LogP contribution in [0.25, 0.3) is 0 Å². The number of hydrogen-bond donors (Lipinski definition) is 11. The minimum Gasteiger partial charge on any atom is -0.480 e. The number of carboxylic acid groups (broad SMARTS) is 1. The number of aliphatic imine (C=N–C) groups is 1. The summed E-state index contributed by atoms with van der Waals surface area (Å²) in [7, 11) is 1.38. The molecule has 20 heteroatoms.